The Balaban J connectivity index is 2.14. The van der Waals surface area contributed by atoms with Gasteiger partial charge in [0.2, 0.25) is 0 Å². The van der Waals surface area contributed by atoms with Gasteiger partial charge >= 0.3 is 12.2 Å². The van der Waals surface area contributed by atoms with Gasteiger partial charge in [-0.15, -0.1) is 0 Å². The van der Waals surface area contributed by atoms with Crippen molar-refractivity contribution in [2.24, 2.45) is 0 Å². The third kappa shape index (κ3) is 5.02. The van der Waals surface area contributed by atoms with Crippen LogP contribution < -0.4 is 15.5 Å². The molecule has 3 rings (SSSR count). The van der Waals surface area contributed by atoms with Gasteiger partial charge < -0.3 is 19.5 Å². The molecule has 1 aliphatic rings. The zero-order chi connectivity index (χ0) is 24.2. The normalized spacial score (nSPS) is 16.8. The molecule has 2 N–H and O–H groups in total. The van der Waals surface area contributed by atoms with Gasteiger partial charge in [-0.05, 0) is 51.5 Å². The average molecular weight is 456 g/mol. The smallest absolute Gasteiger partial charge is 0.430 e. The monoisotopic (exact) mass is 455 g/mol. The number of hydrogen-bond donors (Lipinski definition) is 2. The summed E-state index contributed by atoms with van der Waals surface area (Å²) >= 11 is 0. The molecule has 0 spiro atoms. The van der Waals surface area contributed by atoms with E-state index in [-0.39, 0.29) is 6.42 Å². The van der Waals surface area contributed by atoms with E-state index in [4.69, 9.17) is 14.2 Å². The van der Waals surface area contributed by atoms with Crippen LogP contribution in [-0.4, -0.2) is 42.4 Å². The standard InChI is InChI=1S/C24H29N3O6/c1-15(2)32-22(29)26-27(23(30)33-16(3)4)24(14-17-10-12-18(31-5)13-11-17)19-8-6-7-9-20(19)25-21(24)28/h6-13,15-16H,14H2,1-5H3,(H,25,28)(H,26,29)/t24-/m0/s1. The van der Waals surface area contributed by atoms with E-state index in [0.717, 1.165) is 10.6 Å². The largest absolute Gasteiger partial charge is 0.497 e. The molecule has 33 heavy (non-hydrogen) atoms. The van der Waals surface area contributed by atoms with Gasteiger partial charge in [-0.1, -0.05) is 30.3 Å². The third-order valence-corrected chi connectivity index (χ3v) is 5.06. The van der Waals surface area contributed by atoms with Crippen molar-refractivity contribution < 1.29 is 28.6 Å². The molecule has 0 bridgehead atoms. The maximum atomic E-state index is 13.5. The highest BCUT2D eigenvalue weighted by Gasteiger charge is 2.55. The molecule has 0 radical (unpaired) electrons. The number of anilines is 1. The SMILES string of the molecule is COc1ccc(C[C@@]2(N(NC(=O)OC(C)C)C(=O)OC(C)C)C(=O)Nc3ccccc32)cc1. The van der Waals surface area contributed by atoms with Crippen molar-refractivity contribution in [1.29, 1.82) is 0 Å². The van der Waals surface area contributed by atoms with Crippen molar-refractivity contribution in [3.63, 3.8) is 0 Å². The molecule has 0 fully saturated rings. The quantitative estimate of drug-likeness (QED) is 0.638. The number of nitrogens with zero attached hydrogens (tertiary/aromatic N) is 1. The average Bonchev–Trinajstić information content (AvgIpc) is 3.03. The topological polar surface area (TPSA) is 106 Å². The van der Waals surface area contributed by atoms with Crippen LogP contribution in [0, 0.1) is 0 Å². The molecule has 1 aliphatic heterocycles. The maximum absolute atomic E-state index is 13.5. The number of rotatable bonds is 6. The van der Waals surface area contributed by atoms with Gasteiger partial charge in [0, 0.05) is 17.7 Å². The summed E-state index contributed by atoms with van der Waals surface area (Å²) in [4.78, 5) is 39.4. The Morgan fingerprint density at radius 3 is 2.24 bits per heavy atom. The van der Waals surface area contributed by atoms with Crippen molar-refractivity contribution >= 4 is 23.8 Å². The third-order valence-electron chi connectivity index (χ3n) is 5.06. The molecule has 1 heterocycles. The zero-order valence-electron chi connectivity index (χ0n) is 19.4. The van der Waals surface area contributed by atoms with Crippen LogP contribution in [0.3, 0.4) is 0 Å². The minimum atomic E-state index is -1.62. The summed E-state index contributed by atoms with van der Waals surface area (Å²) in [5.41, 5.74) is 2.65. The van der Waals surface area contributed by atoms with Crippen LogP contribution in [-0.2, 0) is 26.2 Å². The highest BCUT2D eigenvalue weighted by atomic mass is 16.6. The van der Waals surface area contributed by atoms with Crippen LogP contribution in [0.2, 0.25) is 0 Å². The minimum Gasteiger partial charge on any atom is -0.497 e. The van der Waals surface area contributed by atoms with Gasteiger partial charge in [0.25, 0.3) is 5.91 Å². The highest BCUT2D eigenvalue weighted by molar-refractivity contribution is 6.07. The van der Waals surface area contributed by atoms with Crippen LogP contribution in [0.4, 0.5) is 15.3 Å². The van der Waals surface area contributed by atoms with Crippen LogP contribution in [0.25, 0.3) is 0 Å². The number of carbonyl (C=O) groups is 3. The zero-order valence-corrected chi connectivity index (χ0v) is 19.4. The van der Waals surface area contributed by atoms with E-state index in [1.54, 1.807) is 83.3 Å². The van der Waals surface area contributed by atoms with E-state index in [1.807, 2.05) is 0 Å². The summed E-state index contributed by atoms with van der Waals surface area (Å²) in [7, 11) is 1.56. The molecule has 0 aromatic heterocycles. The van der Waals surface area contributed by atoms with E-state index in [1.165, 1.54) is 0 Å². The van der Waals surface area contributed by atoms with Crippen molar-refractivity contribution in [3.8, 4) is 5.75 Å². The Morgan fingerprint density at radius 1 is 1.00 bits per heavy atom. The lowest BCUT2D eigenvalue weighted by atomic mass is 9.84. The molecular weight excluding hydrogens is 426 g/mol. The Kier molecular flexibility index (Phi) is 7.10. The first-order valence-electron chi connectivity index (χ1n) is 10.7. The van der Waals surface area contributed by atoms with Crippen LogP contribution in [0.1, 0.15) is 38.8 Å². The van der Waals surface area contributed by atoms with E-state index >= 15 is 0 Å². The predicted molar refractivity (Wildman–Crippen MR) is 122 cm³/mol. The fourth-order valence-electron chi connectivity index (χ4n) is 3.70. The summed E-state index contributed by atoms with van der Waals surface area (Å²) in [5.74, 6) is 0.170. The number of carbonyl (C=O) groups excluding carboxylic acids is 3. The fraction of sp³-hybridized carbons (Fsp3) is 0.375. The van der Waals surface area contributed by atoms with Gasteiger partial charge in [0.05, 0.1) is 19.3 Å². The van der Waals surface area contributed by atoms with Gasteiger partial charge in [-0.25, -0.2) is 15.0 Å². The van der Waals surface area contributed by atoms with Gasteiger partial charge in [-0.3, -0.25) is 4.79 Å². The van der Waals surface area contributed by atoms with Gasteiger partial charge in [0.1, 0.15) is 5.75 Å². The number of ether oxygens (including phenoxy) is 3. The molecule has 0 saturated heterocycles. The molecule has 1 atom stereocenters. The molecular formula is C24H29N3O6. The lowest BCUT2D eigenvalue weighted by Gasteiger charge is -2.38. The first-order chi connectivity index (χ1) is 15.7. The Bertz CT molecular complexity index is 1020. The van der Waals surface area contributed by atoms with E-state index in [2.05, 4.69) is 10.7 Å². The molecule has 0 unspecified atom stereocenters. The van der Waals surface area contributed by atoms with Crippen molar-refractivity contribution in [2.45, 2.75) is 51.9 Å². The van der Waals surface area contributed by atoms with Gasteiger partial charge in [-0.2, -0.15) is 5.01 Å². The van der Waals surface area contributed by atoms with Crippen LogP contribution in [0.5, 0.6) is 5.75 Å². The van der Waals surface area contributed by atoms with Crippen LogP contribution >= 0.6 is 0 Å². The number of fused-ring (bicyclic) bond motifs is 1. The van der Waals surface area contributed by atoms with E-state index in [0.29, 0.717) is 17.0 Å². The maximum Gasteiger partial charge on any atom is 0.430 e. The molecule has 9 nitrogen and oxygen atoms in total. The fourth-order valence-corrected chi connectivity index (χ4v) is 3.70. The lowest BCUT2D eigenvalue weighted by Crippen LogP contribution is -2.62. The number of benzene rings is 2. The second kappa shape index (κ2) is 9.81. The van der Waals surface area contributed by atoms with Gasteiger partial charge in [0.15, 0.2) is 5.54 Å². The summed E-state index contributed by atoms with van der Waals surface area (Å²) in [5, 5.41) is 3.76. The number of hydrazine groups is 1. The molecule has 176 valence electrons. The Morgan fingerprint density at radius 2 is 1.64 bits per heavy atom. The highest BCUT2D eigenvalue weighted by Crippen LogP contribution is 2.42. The number of para-hydroxylation sites is 1. The Labute approximate surface area is 193 Å². The van der Waals surface area contributed by atoms with E-state index in [9.17, 15) is 14.4 Å². The number of nitrogens with one attached hydrogen (secondary N) is 2. The lowest BCUT2D eigenvalue weighted by molar-refractivity contribution is -0.129. The molecule has 2 aromatic rings. The summed E-state index contributed by atoms with van der Waals surface area (Å²) in [6, 6.07) is 14.1. The molecule has 9 heteroatoms. The molecule has 0 saturated carbocycles. The first-order valence-corrected chi connectivity index (χ1v) is 10.7. The number of amides is 3. The van der Waals surface area contributed by atoms with Crippen molar-refractivity contribution in [2.75, 3.05) is 12.4 Å². The van der Waals surface area contributed by atoms with Crippen molar-refractivity contribution in [3.05, 3.63) is 59.7 Å². The molecule has 0 aliphatic carbocycles. The van der Waals surface area contributed by atoms with Crippen LogP contribution in [0.15, 0.2) is 48.5 Å². The number of hydrogen-bond acceptors (Lipinski definition) is 6. The van der Waals surface area contributed by atoms with E-state index < -0.39 is 35.8 Å². The second-order valence-corrected chi connectivity index (χ2v) is 8.22. The first kappa shape index (κ1) is 23.9. The minimum absolute atomic E-state index is 0.0645. The predicted octanol–water partition coefficient (Wildman–Crippen LogP) is 3.98. The second-order valence-electron chi connectivity index (χ2n) is 8.22. The van der Waals surface area contributed by atoms with Crippen molar-refractivity contribution in [1.82, 2.24) is 10.4 Å². The summed E-state index contributed by atoms with van der Waals surface area (Å²) < 4.78 is 15.8. The Hall–Kier alpha value is -3.75. The number of methoxy groups -OCH3 is 1. The summed E-state index contributed by atoms with van der Waals surface area (Å²) in [6.45, 7) is 6.73. The molecule has 2 aromatic carbocycles. The summed E-state index contributed by atoms with van der Waals surface area (Å²) in [6.07, 6.45) is -2.62. The molecule has 3 amide bonds.